The first kappa shape index (κ1) is 11.6. The number of aryl methyl sites for hydroxylation is 1. The molecule has 0 radical (unpaired) electrons. The van der Waals surface area contributed by atoms with Gasteiger partial charge >= 0.3 is 0 Å². The molecule has 16 heavy (non-hydrogen) atoms. The Morgan fingerprint density at radius 1 is 1.25 bits per heavy atom. The van der Waals surface area contributed by atoms with Gasteiger partial charge in [0.1, 0.15) is 0 Å². The highest BCUT2D eigenvalue weighted by atomic mass is 15.3. The molecule has 0 bridgehead atoms. The fraction of sp³-hybridized carbons (Fsp3) is 0.727. The van der Waals surface area contributed by atoms with Gasteiger partial charge in [0.25, 0.3) is 0 Å². The van der Waals surface area contributed by atoms with Crippen LogP contribution in [0.3, 0.4) is 0 Å². The Hall–Kier alpha value is -0.910. The molecule has 2 N–H and O–H groups in total. The molecule has 1 aromatic heterocycles. The van der Waals surface area contributed by atoms with Crippen LogP contribution in [0.1, 0.15) is 5.56 Å². The van der Waals surface area contributed by atoms with E-state index < -0.39 is 0 Å². The molecule has 90 valence electrons. The van der Waals surface area contributed by atoms with E-state index in [4.69, 9.17) is 5.73 Å². The van der Waals surface area contributed by atoms with Crippen molar-refractivity contribution in [1.82, 2.24) is 19.6 Å². The lowest BCUT2D eigenvalue weighted by Crippen LogP contribution is -2.47. The van der Waals surface area contributed by atoms with Crippen LogP contribution in [0.5, 0.6) is 0 Å². The average Bonchev–Trinajstić information content (AvgIpc) is 2.67. The predicted molar refractivity (Wildman–Crippen MR) is 64.0 cm³/mol. The van der Waals surface area contributed by atoms with E-state index in [-0.39, 0.29) is 0 Å². The lowest BCUT2D eigenvalue weighted by atomic mass is 10.2. The maximum absolute atomic E-state index is 5.55. The summed E-state index contributed by atoms with van der Waals surface area (Å²) in [7, 11) is 1.96. The maximum atomic E-state index is 5.55. The first-order valence-electron chi connectivity index (χ1n) is 5.90. The molecular formula is C11H21N5. The molecule has 5 nitrogen and oxygen atoms in total. The SMILES string of the molecule is Cn1cc(CN2CCN(CCN)CC2)cn1. The van der Waals surface area contributed by atoms with Crippen molar-refractivity contribution < 1.29 is 0 Å². The molecule has 1 aliphatic rings. The van der Waals surface area contributed by atoms with Crippen molar-refractivity contribution in [2.24, 2.45) is 12.8 Å². The first-order chi connectivity index (χ1) is 7.78. The van der Waals surface area contributed by atoms with Gasteiger partial charge in [-0.05, 0) is 0 Å². The van der Waals surface area contributed by atoms with Gasteiger partial charge in [-0.15, -0.1) is 0 Å². The number of aromatic nitrogens is 2. The van der Waals surface area contributed by atoms with Crippen LogP contribution in [-0.4, -0.2) is 58.8 Å². The smallest absolute Gasteiger partial charge is 0.0534 e. The molecule has 1 saturated heterocycles. The second kappa shape index (κ2) is 5.43. The summed E-state index contributed by atoms with van der Waals surface area (Å²) in [5, 5.41) is 4.19. The lowest BCUT2D eigenvalue weighted by molar-refractivity contribution is 0.130. The van der Waals surface area contributed by atoms with E-state index in [0.717, 1.165) is 45.8 Å². The number of hydrogen-bond donors (Lipinski definition) is 1. The van der Waals surface area contributed by atoms with E-state index in [2.05, 4.69) is 21.1 Å². The second-order valence-corrected chi connectivity index (χ2v) is 4.43. The summed E-state index contributed by atoms with van der Waals surface area (Å²) in [5.74, 6) is 0. The minimum absolute atomic E-state index is 0.766. The molecule has 5 heteroatoms. The monoisotopic (exact) mass is 223 g/mol. The summed E-state index contributed by atoms with van der Waals surface area (Å²) in [4.78, 5) is 4.91. The Morgan fingerprint density at radius 3 is 2.50 bits per heavy atom. The number of piperazine rings is 1. The van der Waals surface area contributed by atoms with Crippen LogP contribution in [0.4, 0.5) is 0 Å². The topological polar surface area (TPSA) is 50.3 Å². The third kappa shape index (κ3) is 3.04. The molecule has 0 aromatic carbocycles. The van der Waals surface area contributed by atoms with Crippen molar-refractivity contribution >= 4 is 0 Å². The molecule has 2 rings (SSSR count). The van der Waals surface area contributed by atoms with Crippen molar-refractivity contribution in [1.29, 1.82) is 0 Å². The van der Waals surface area contributed by atoms with Crippen molar-refractivity contribution in [2.75, 3.05) is 39.3 Å². The molecule has 1 fully saturated rings. The minimum atomic E-state index is 0.766. The number of nitrogens with two attached hydrogens (primary N) is 1. The normalized spacial score (nSPS) is 19.1. The summed E-state index contributed by atoms with van der Waals surface area (Å²) in [6.45, 7) is 7.35. The molecule has 1 aliphatic heterocycles. The molecule has 1 aromatic rings. The predicted octanol–water partition coefficient (Wildman–Crippen LogP) is -0.504. The Labute approximate surface area is 96.8 Å². The number of nitrogens with zero attached hydrogens (tertiary/aromatic N) is 4. The third-order valence-electron chi connectivity index (χ3n) is 3.07. The zero-order chi connectivity index (χ0) is 11.4. The standard InChI is InChI=1S/C11H21N5/c1-14-9-11(8-13-14)10-16-6-4-15(3-2-12)5-7-16/h8-9H,2-7,10,12H2,1H3. The van der Waals surface area contributed by atoms with E-state index in [1.54, 1.807) is 0 Å². The molecule has 0 aliphatic carbocycles. The van der Waals surface area contributed by atoms with E-state index >= 15 is 0 Å². The molecule has 0 unspecified atom stereocenters. The zero-order valence-electron chi connectivity index (χ0n) is 9.97. The van der Waals surface area contributed by atoms with Crippen LogP contribution in [0.15, 0.2) is 12.4 Å². The van der Waals surface area contributed by atoms with Gasteiger partial charge in [0.15, 0.2) is 0 Å². The van der Waals surface area contributed by atoms with Crippen LogP contribution in [-0.2, 0) is 13.6 Å². The highest BCUT2D eigenvalue weighted by molar-refractivity contribution is 5.03. The molecule has 0 atom stereocenters. The van der Waals surface area contributed by atoms with E-state index in [1.807, 2.05) is 17.9 Å². The van der Waals surface area contributed by atoms with Gasteiger partial charge < -0.3 is 5.73 Å². The Bertz CT molecular complexity index is 314. The molecular weight excluding hydrogens is 202 g/mol. The lowest BCUT2D eigenvalue weighted by Gasteiger charge is -2.34. The summed E-state index contributed by atoms with van der Waals surface area (Å²) < 4.78 is 1.86. The Kier molecular flexibility index (Phi) is 3.93. The quantitative estimate of drug-likeness (QED) is 0.747. The van der Waals surface area contributed by atoms with Gasteiger partial charge in [0.2, 0.25) is 0 Å². The van der Waals surface area contributed by atoms with Crippen molar-refractivity contribution in [3.8, 4) is 0 Å². The van der Waals surface area contributed by atoms with E-state index in [9.17, 15) is 0 Å². The first-order valence-corrected chi connectivity index (χ1v) is 5.90. The third-order valence-corrected chi connectivity index (χ3v) is 3.07. The van der Waals surface area contributed by atoms with Crippen LogP contribution in [0.25, 0.3) is 0 Å². The van der Waals surface area contributed by atoms with Crippen LogP contribution in [0.2, 0.25) is 0 Å². The van der Waals surface area contributed by atoms with Crippen molar-refractivity contribution in [3.05, 3.63) is 18.0 Å². The van der Waals surface area contributed by atoms with Crippen molar-refractivity contribution in [2.45, 2.75) is 6.54 Å². The van der Waals surface area contributed by atoms with Crippen molar-refractivity contribution in [3.63, 3.8) is 0 Å². The van der Waals surface area contributed by atoms with Crippen LogP contribution < -0.4 is 5.73 Å². The molecule has 0 saturated carbocycles. The summed E-state index contributed by atoms with van der Waals surface area (Å²) in [6, 6.07) is 0. The van der Waals surface area contributed by atoms with E-state index in [0.29, 0.717) is 0 Å². The molecule has 2 heterocycles. The van der Waals surface area contributed by atoms with Gasteiger partial charge in [-0.1, -0.05) is 0 Å². The highest BCUT2D eigenvalue weighted by Gasteiger charge is 2.16. The van der Waals surface area contributed by atoms with Gasteiger partial charge in [-0.2, -0.15) is 5.10 Å². The largest absolute Gasteiger partial charge is 0.329 e. The molecule has 0 amide bonds. The Morgan fingerprint density at radius 2 is 1.94 bits per heavy atom. The second-order valence-electron chi connectivity index (χ2n) is 4.43. The highest BCUT2D eigenvalue weighted by Crippen LogP contribution is 2.07. The van der Waals surface area contributed by atoms with Crippen LogP contribution >= 0.6 is 0 Å². The summed E-state index contributed by atoms with van der Waals surface area (Å²) >= 11 is 0. The average molecular weight is 223 g/mol. The number of rotatable bonds is 4. The maximum Gasteiger partial charge on any atom is 0.0534 e. The zero-order valence-corrected chi connectivity index (χ0v) is 9.97. The van der Waals surface area contributed by atoms with Gasteiger partial charge in [0, 0.05) is 64.6 Å². The fourth-order valence-electron chi connectivity index (χ4n) is 2.17. The summed E-state index contributed by atoms with van der Waals surface area (Å²) in [5.41, 5.74) is 6.85. The summed E-state index contributed by atoms with van der Waals surface area (Å²) in [6.07, 6.45) is 4.04. The van der Waals surface area contributed by atoms with Gasteiger partial charge in [-0.3, -0.25) is 14.5 Å². The number of hydrogen-bond acceptors (Lipinski definition) is 4. The van der Waals surface area contributed by atoms with Gasteiger partial charge in [-0.25, -0.2) is 0 Å². The van der Waals surface area contributed by atoms with E-state index in [1.165, 1.54) is 5.56 Å². The minimum Gasteiger partial charge on any atom is -0.329 e. The Balaban J connectivity index is 1.77. The van der Waals surface area contributed by atoms with Crippen LogP contribution in [0, 0.1) is 0 Å². The molecule has 0 spiro atoms. The van der Waals surface area contributed by atoms with Gasteiger partial charge in [0.05, 0.1) is 6.20 Å². The fourth-order valence-corrected chi connectivity index (χ4v) is 2.17.